The number of benzene rings is 1. The van der Waals surface area contributed by atoms with Crippen LogP contribution in [0.2, 0.25) is 5.15 Å². The Morgan fingerprint density at radius 2 is 1.93 bits per heavy atom. The number of halogens is 1. The van der Waals surface area contributed by atoms with Crippen molar-refractivity contribution in [3.8, 4) is 18.2 Å². The molecule has 1 unspecified atom stereocenters. The first kappa shape index (κ1) is 18.9. The van der Waals surface area contributed by atoms with E-state index in [1.54, 1.807) is 19.3 Å². The van der Waals surface area contributed by atoms with Crippen LogP contribution in [0.5, 0.6) is 5.88 Å². The summed E-state index contributed by atoms with van der Waals surface area (Å²) in [6.07, 6.45) is 7.26. The fourth-order valence-corrected chi connectivity index (χ4v) is 2.63. The Balaban J connectivity index is 0.000000376. The topological polar surface area (TPSA) is 71.4 Å². The Morgan fingerprint density at radius 1 is 1.22 bits per heavy atom. The standard InChI is InChI=1S/C16H13ClN4O.C4H6O/c17-15-16(19-8-7-18-15)22-12-9-21(10-12)14-6-5-11-3-1-2-4-13(11)20-14;1-3-4(2)5/h1-8,12H,9-10H2;1,4-5H,2H3. The number of aliphatic hydroxyl groups excluding tert-OH is 1. The van der Waals surface area contributed by atoms with Crippen LogP contribution in [0.15, 0.2) is 48.8 Å². The SMILES string of the molecule is C#CC(C)O.Clc1nccnc1OC1CN(c2ccc3ccccc3n2)C1. The van der Waals surface area contributed by atoms with Gasteiger partial charge in [0.05, 0.1) is 18.6 Å². The minimum absolute atomic E-state index is 0.0578. The van der Waals surface area contributed by atoms with Gasteiger partial charge in [-0.15, -0.1) is 6.42 Å². The number of fused-ring (bicyclic) bond motifs is 1. The lowest BCUT2D eigenvalue weighted by molar-refractivity contribution is 0.159. The van der Waals surface area contributed by atoms with E-state index in [0.717, 1.165) is 29.8 Å². The molecule has 27 heavy (non-hydrogen) atoms. The van der Waals surface area contributed by atoms with Crippen molar-refractivity contribution in [3.63, 3.8) is 0 Å². The van der Waals surface area contributed by atoms with Crippen molar-refractivity contribution in [2.75, 3.05) is 18.0 Å². The summed E-state index contributed by atoms with van der Waals surface area (Å²) in [6.45, 7) is 3.07. The predicted molar refractivity (Wildman–Crippen MR) is 106 cm³/mol. The highest BCUT2D eigenvalue weighted by Crippen LogP contribution is 2.26. The lowest BCUT2D eigenvalue weighted by atomic mass is 10.1. The number of ether oxygens (including phenoxy) is 1. The van der Waals surface area contributed by atoms with Gasteiger partial charge in [0, 0.05) is 17.8 Å². The monoisotopic (exact) mass is 382 g/mol. The molecule has 4 rings (SSSR count). The molecule has 1 fully saturated rings. The largest absolute Gasteiger partial charge is 0.468 e. The molecule has 1 aliphatic rings. The third-order valence-corrected chi connectivity index (χ3v) is 4.16. The van der Waals surface area contributed by atoms with Crippen LogP contribution in [0.4, 0.5) is 5.82 Å². The smallest absolute Gasteiger partial charge is 0.252 e. The Kier molecular flexibility index (Phi) is 6.07. The summed E-state index contributed by atoms with van der Waals surface area (Å²) in [5, 5.41) is 9.57. The fraction of sp³-hybridized carbons (Fsp3) is 0.250. The van der Waals surface area contributed by atoms with Gasteiger partial charge in [-0.05, 0) is 25.1 Å². The van der Waals surface area contributed by atoms with E-state index in [9.17, 15) is 0 Å². The molecule has 0 bridgehead atoms. The van der Waals surface area contributed by atoms with Crippen LogP contribution in [-0.4, -0.2) is 45.4 Å². The van der Waals surface area contributed by atoms with Crippen molar-refractivity contribution in [1.29, 1.82) is 0 Å². The highest BCUT2D eigenvalue weighted by atomic mass is 35.5. The van der Waals surface area contributed by atoms with Crippen molar-refractivity contribution in [1.82, 2.24) is 15.0 Å². The van der Waals surface area contributed by atoms with Crippen LogP contribution in [0.3, 0.4) is 0 Å². The molecule has 138 valence electrons. The van der Waals surface area contributed by atoms with Crippen LogP contribution in [0.1, 0.15) is 6.92 Å². The lowest BCUT2D eigenvalue weighted by Crippen LogP contribution is -2.54. The molecule has 1 N–H and O–H groups in total. The zero-order valence-electron chi connectivity index (χ0n) is 14.8. The Hall–Kier alpha value is -2.88. The number of nitrogens with zero attached hydrogens (tertiary/aromatic N) is 4. The van der Waals surface area contributed by atoms with E-state index in [1.807, 2.05) is 24.3 Å². The van der Waals surface area contributed by atoms with Gasteiger partial charge >= 0.3 is 0 Å². The predicted octanol–water partition coefficient (Wildman–Crippen LogP) is 2.95. The summed E-state index contributed by atoms with van der Waals surface area (Å²) in [4.78, 5) is 14.9. The molecule has 1 aliphatic heterocycles. The molecule has 1 saturated heterocycles. The van der Waals surface area contributed by atoms with Crippen molar-refractivity contribution in [3.05, 3.63) is 53.9 Å². The molecule has 3 aromatic rings. The highest BCUT2D eigenvalue weighted by Gasteiger charge is 2.30. The maximum atomic E-state index is 8.12. The van der Waals surface area contributed by atoms with Crippen molar-refractivity contribution < 1.29 is 9.84 Å². The molecule has 0 amide bonds. The average Bonchev–Trinajstić information content (AvgIpc) is 2.66. The molecule has 0 radical (unpaired) electrons. The summed E-state index contributed by atoms with van der Waals surface area (Å²) in [7, 11) is 0. The number of hydrogen-bond acceptors (Lipinski definition) is 6. The van der Waals surface area contributed by atoms with Crippen molar-refractivity contribution in [2.45, 2.75) is 19.1 Å². The highest BCUT2D eigenvalue weighted by molar-refractivity contribution is 6.30. The molecule has 0 aliphatic carbocycles. The molecule has 7 heteroatoms. The number of aromatic nitrogens is 3. The van der Waals surface area contributed by atoms with Crippen LogP contribution in [0, 0.1) is 12.3 Å². The van der Waals surface area contributed by atoms with Gasteiger partial charge in [0.1, 0.15) is 18.0 Å². The van der Waals surface area contributed by atoms with Gasteiger partial charge < -0.3 is 14.7 Å². The average molecular weight is 383 g/mol. The minimum Gasteiger partial charge on any atom is -0.468 e. The van der Waals surface area contributed by atoms with Gasteiger partial charge in [-0.25, -0.2) is 15.0 Å². The molecule has 1 aromatic carbocycles. The van der Waals surface area contributed by atoms with Gasteiger partial charge in [0.25, 0.3) is 5.88 Å². The Bertz CT molecular complexity index is 952. The third kappa shape index (κ3) is 4.85. The van der Waals surface area contributed by atoms with E-state index < -0.39 is 6.10 Å². The molecular weight excluding hydrogens is 364 g/mol. The van der Waals surface area contributed by atoms with Gasteiger partial charge in [0.15, 0.2) is 5.15 Å². The molecular formula is C20H19ClN4O2. The van der Waals surface area contributed by atoms with E-state index in [1.165, 1.54) is 0 Å². The molecule has 3 heterocycles. The Morgan fingerprint density at radius 3 is 2.63 bits per heavy atom. The quantitative estimate of drug-likeness (QED) is 0.702. The van der Waals surface area contributed by atoms with Crippen LogP contribution in [0.25, 0.3) is 10.9 Å². The second-order valence-corrected chi connectivity index (χ2v) is 6.36. The second-order valence-electron chi connectivity index (χ2n) is 6.00. The molecule has 0 spiro atoms. The zero-order valence-corrected chi connectivity index (χ0v) is 15.5. The Labute approximate surface area is 162 Å². The lowest BCUT2D eigenvalue weighted by Gasteiger charge is -2.39. The third-order valence-electron chi connectivity index (χ3n) is 3.90. The normalized spacial score (nSPS) is 14.5. The van der Waals surface area contributed by atoms with Gasteiger partial charge in [0.2, 0.25) is 0 Å². The first-order chi connectivity index (χ1) is 13.1. The van der Waals surface area contributed by atoms with Crippen LogP contribution < -0.4 is 9.64 Å². The number of terminal acetylenes is 1. The molecule has 1 atom stereocenters. The summed E-state index contributed by atoms with van der Waals surface area (Å²) in [6, 6.07) is 12.2. The van der Waals surface area contributed by atoms with E-state index in [2.05, 4.69) is 44.3 Å². The number of pyridine rings is 1. The van der Waals surface area contributed by atoms with Crippen LogP contribution in [-0.2, 0) is 0 Å². The number of aliphatic hydroxyl groups is 1. The maximum absolute atomic E-state index is 8.12. The summed E-state index contributed by atoms with van der Waals surface area (Å²) in [5.41, 5.74) is 1.00. The van der Waals surface area contributed by atoms with Gasteiger partial charge in [-0.2, -0.15) is 0 Å². The summed E-state index contributed by atoms with van der Waals surface area (Å²) < 4.78 is 5.75. The second kappa shape index (κ2) is 8.67. The van der Waals surface area contributed by atoms with Crippen molar-refractivity contribution in [2.24, 2.45) is 0 Å². The maximum Gasteiger partial charge on any atom is 0.252 e. The minimum atomic E-state index is -0.588. The van der Waals surface area contributed by atoms with Crippen LogP contribution >= 0.6 is 11.6 Å². The van der Waals surface area contributed by atoms with E-state index in [4.69, 9.17) is 21.4 Å². The number of hydrogen-bond donors (Lipinski definition) is 1. The van der Waals surface area contributed by atoms with E-state index in [-0.39, 0.29) is 6.10 Å². The number of rotatable bonds is 3. The summed E-state index contributed by atoms with van der Waals surface area (Å²) >= 11 is 5.94. The van der Waals surface area contributed by atoms with E-state index >= 15 is 0 Å². The fourth-order valence-electron chi connectivity index (χ4n) is 2.48. The zero-order chi connectivity index (χ0) is 19.2. The summed E-state index contributed by atoms with van der Waals surface area (Å²) in [5.74, 6) is 3.43. The van der Waals surface area contributed by atoms with E-state index in [0.29, 0.717) is 11.0 Å². The van der Waals surface area contributed by atoms with Gasteiger partial charge in [-0.3, -0.25) is 0 Å². The number of anilines is 1. The number of para-hydroxylation sites is 1. The molecule has 0 saturated carbocycles. The van der Waals surface area contributed by atoms with Crippen molar-refractivity contribution >= 4 is 28.3 Å². The molecule has 2 aromatic heterocycles. The first-order valence-corrected chi connectivity index (χ1v) is 8.82. The molecule has 6 nitrogen and oxygen atoms in total. The van der Waals surface area contributed by atoms with Gasteiger partial charge in [-0.1, -0.05) is 35.7 Å². The first-order valence-electron chi connectivity index (χ1n) is 8.45.